The predicted molar refractivity (Wildman–Crippen MR) is 54.4 cm³/mol. The van der Waals surface area contributed by atoms with Crippen LogP contribution in [-0.4, -0.2) is 27.9 Å². The van der Waals surface area contributed by atoms with E-state index in [0.29, 0.717) is 4.77 Å². The third-order valence-electron chi connectivity index (χ3n) is 2.56. The van der Waals surface area contributed by atoms with Crippen LogP contribution in [0.2, 0.25) is 0 Å². The molecule has 1 aliphatic heterocycles. The van der Waals surface area contributed by atoms with Crippen LogP contribution >= 0.6 is 12.2 Å². The smallest absolute Gasteiger partial charge is 0.225 e. The Kier molecular flexibility index (Phi) is 2.11. The minimum atomic E-state index is 0.689. The minimum absolute atomic E-state index is 0.689. The number of aromatic amines is 1. The summed E-state index contributed by atoms with van der Waals surface area (Å²) in [5.41, 5.74) is 0. The van der Waals surface area contributed by atoms with E-state index in [9.17, 15) is 0 Å². The highest BCUT2D eigenvalue weighted by atomic mass is 32.1. The Labute approximate surface area is 82.6 Å². The second kappa shape index (κ2) is 3.14. The molecule has 0 bridgehead atoms. The predicted octanol–water partition coefficient (Wildman–Crippen LogP) is 1.32. The topological polar surface area (TPSA) is 36.9 Å². The van der Waals surface area contributed by atoms with Crippen molar-refractivity contribution in [3.63, 3.8) is 0 Å². The Morgan fingerprint density at radius 1 is 1.62 bits per heavy atom. The molecule has 72 valence electrons. The normalized spacial score (nSPS) is 22.6. The molecular formula is C8H14N4S. The molecule has 1 N–H and O–H groups in total. The Morgan fingerprint density at radius 2 is 2.38 bits per heavy atom. The lowest BCUT2D eigenvalue weighted by atomic mass is 10.2. The summed E-state index contributed by atoms with van der Waals surface area (Å²) in [5.74, 6) is 1.74. The number of hydrogen-bond acceptors (Lipinski definition) is 3. The molecule has 2 rings (SSSR count). The highest BCUT2D eigenvalue weighted by molar-refractivity contribution is 7.71. The van der Waals surface area contributed by atoms with Crippen LogP contribution in [0.25, 0.3) is 0 Å². The SMILES string of the molecule is CC1CCN(c2n[nH]c(=S)n2C)C1. The van der Waals surface area contributed by atoms with Gasteiger partial charge in [0.05, 0.1) is 0 Å². The summed E-state index contributed by atoms with van der Waals surface area (Å²) in [6.07, 6.45) is 1.25. The van der Waals surface area contributed by atoms with E-state index in [1.54, 1.807) is 0 Å². The van der Waals surface area contributed by atoms with Crippen LogP contribution in [0.5, 0.6) is 0 Å². The number of aromatic nitrogens is 3. The fraction of sp³-hybridized carbons (Fsp3) is 0.750. The van der Waals surface area contributed by atoms with Gasteiger partial charge in [0.25, 0.3) is 0 Å². The molecule has 1 fully saturated rings. The van der Waals surface area contributed by atoms with Crippen LogP contribution in [-0.2, 0) is 7.05 Å². The van der Waals surface area contributed by atoms with Gasteiger partial charge in [0.1, 0.15) is 0 Å². The number of hydrogen-bond donors (Lipinski definition) is 1. The fourth-order valence-electron chi connectivity index (χ4n) is 1.74. The Morgan fingerprint density at radius 3 is 2.85 bits per heavy atom. The molecule has 1 saturated heterocycles. The van der Waals surface area contributed by atoms with Gasteiger partial charge < -0.3 is 4.90 Å². The van der Waals surface area contributed by atoms with Gasteiger partial charge in [-0.05, 0) is 24.6 Å². The highest BCUT2D eigenvalue weighted by Gasteiger charge is 2.21. The molecule has 1 aliphatic rings. The molecule has 1 aromatic heterocycles. The zero-order chi connectivity index (χ0) is 9.42. The Bertz CT molecular complexity index is 353. The second-order valence-corrected chi connectivity index (χ2v) is 4.11. The molecule has 1 aromatic rings. The molecule has 1 unspecified atom stereocenters. The van der Waals surface area contributed by atoms with Gasteiger partial charge in [-0.15, -0.1) is 5.10 Å². The summed E-state index contributed by atoms with van der Waals surface area (Å²) in [5, 5.41) is 7.01. The summed E-state index contributed by atoms with van der Waals surface area (Å²) in [6, 6.07) is 0. The summed E-state index contributed by atoms with van der Waals surface area (Å²) >= 11 is 5.06. The zero-order valence-electron chi connectivity index (χ0n) is 7.95. The number of H-pyrrole nitrogens is 1. The maximum Gasteiger partial charge on any atom is 0.225 e. The molecule has 13 heavy (non-hydrogen) atoms. The summed E-state index contributed by atoms with van der Waals surface area (Å²) < 4.78 is 2.61. The number of rotatable bonds is 1. The Balaban J connectivity index is 2.26. The van der Waals surface area contributed by atoms with Crippen LogP contribution in [0.3, 0.4) is 0 Å². The van der Waals surface area contributed by atoms with Crippen molar-refractivity contribution in [2.24, 2.45) is 13.0 Å². The Hall–Kier alpha value is -0.840. The first kappa shape index (κ1) is 8.74. The van der Waals surface area contributed by atoms with Crippen molar-refractivity contribution in [3.05, 3.63) is 4.77 Å². The third kappa shape index (κ3) is 1.48. The van der Waals surface area contributed by atoms with Gasteiger partial charge >= 0.3 is 0 Å². The van der Waals surface area contributed by atoms with Gasteiger partial charge in [0.15, 0.2) is 4.77 Å². The van der Waals surface area contributed by atoms with E-state index in [1.165, 1.54) is 6.42 Å². The van der Waals surface area contributed by atoms with Crippen LogP contribution in [0.1, 0.15) is 13.3 Å². The summed E-state index contributed by atoms with van der Waals surface area (Å²) in [7, 11) is 1.95. The van der Waals surface area contributed by atoms with Gasteiger partial charge in [-0.1, -0.05) is 6.92 Å². The van der Waals surface area contributed by atoms with Gasteiger partial charge in [0, 0.05) is 20.1 Å². The maximum atomic E-state index is 5.06. The van der Waals surface area contributed by atoms with Crippen LogP contribution in [0, 0.1) is 10.7 Å². The first-order valence-electron chi connectivity index (χ1n) is 4.55. The van der Waals surface area contributed by atoms with Crippen LogP contribution in [0.15, 0.2) is 0 Å². The third-order valence-corrected chi connectivity index (χ3v) is 2.93. The van der Waals surface area contributed by atoms with E-state index in [4.69, 9.17) is 12.2 Å². The summed E-state index contributed by atoms with van der Waals surface area (Å²) in [6.45, 7) is 4.45. The second-order valence-electron chi connectivity index (χ2n) is 3.73. The largest absolute Gasteiger partial charge is 0.341 e. The van der Waals surface area contributed by atoms with E-state index in [-0.39, 0.29) is 0 Å². The number of nitrogens with zero attached hydrogens (tertiary/aromatic N) is 3. The average Bonchev–Trinajstić information content (AvgIpc) is 2.62. The van der Waals surface area contributed by atoms with E-state index in [0.717, 1.165) is 25.0 Å². The van der Waals surface area contributed by atoms with Crippen LogP contribution in [0.4, 0.5) is 5.95 Å². The molecule has 1 atom stereocenters. The zero-order valence-corrected chi connectivity index (χ0v) is 8.77. The minimum Gasteiger partial charge on any atom is -0.341 e. The molecule has 0 aromatic carbocycles. The lowest BCUT2D eigenvalue weighted by Gasteiger charge is -2.15. The molecular weight excluding hydrogens is 184 g/mol. The van der Waals surface area contributed by atoms with Crippen molar-refractivity contribution in [2.45, 2.75) is 13.3 Å². The van der Waals surface area contributed by atoms with Crippen molar-refractivity contribution in [3.8, 4) is 0 Å². The molecule has 0 aliphatic carbocycles. The molecule has 0 spiro atoms. The molecule has 0 amide bonds. The van der Waals surface area contributed by atoms with E-state index in [2.05, 4.69) is 22.0 Å². The first-order valence-corrected chi connectivity index (χ1v) is 4.95. The van der Waals surface area contributed by atoms with Crippen molar-refractivity contribution >= 4 is 18.2 Å². The molecule has 0 saturated carbocycles. The van der Waals surface area contributed by atoms with Gasteiger partial charge in [-0.25, -0.2) is 5.10 Å². The molecule has 0 radical (unpaired) electrons. The van der Waals surface area contributed by atoms with Crippen molar-refractivity contribution < 1.29 is 0 Å². The monoisotopic (exact) mass is 198 g/mol. The molecule has 4 nitrogen and oxygen atoms in total. The fourth-order valence-corrected chi connectivity index (χ4v) is 1.87. The quantitative estimate of drug-likeness (QED) is 0.692. The van der Waals surface area contributed by atoms with Gasteiger partial charge in [0.2, 0.25) is 5.95 Å². The van der Waals surface area contributed by atoms with Crippen molar-refractivity contribution in [2.75, 3.05) is 18.0 Å². The average molecular weight is 198 g/mol. The number of anilines is 1. The molecule has 2 heterocycles. The van der Waals surface area contributed by atoms with Crippen LogP contribution < -0.4 is 4.90 Å². The lowest BCUT2D eigenvalue weighted by Crippen LogP contribution is -2.22. The van der Waals surface area contributed by atoms with E-state index in [1.807, 2.05) is 11.6 Å². The van der Waals surface area contributed by atoms with E-state index < -0.39 is 0 Å². The number of nitrogens with one attached hydrogen (secondary N) is 1. The standard InChI is InChI=1S/C8H14N4S/c1-6-3-4-12(5-6)7-9-10-8(13)11(7)2/h6H,3-5H2,1-2H3,(H,10,13). The first-order chi connectivity index (χ1) is 6.18. The lowest BCUT2D eigenvalue weighted by molar-refractivity contribution is 0.656. The van der Waals surface area contributed by atoms with E-state index >= 15 is 0 Å². The van der Waals surface area contributed by atoms with Gasteiger partial charge in [-0.2, -0.15) is 0 Å². The summed E-state index contributed by atoms with van der Waals surface area (Å²) in [4.78, 5) is 2.27. The van der Waals surface area contributed by atoms with Gasteiger partial charge in [-0.3, -0.25) is 4.57 Å². The molecule has 5 heteroatoms. The van der Waals surface area contributed by atoms with Crippen molar-refractivity contribution in [1.29, 1.82) is 0 Å². The maximum absolute atomic E-state index is 5.06. The van der Waals surface area contributed by atoms with Crippen molar-refractivity contribution in [1.82, 2.24) is 14.8 Å². The highest BCUT2D eigenvalue weighted by Crippen LogP contribution is 2.20.